The Hall–Kier alpha value is -0.650. The van der Waals surface area contributed by atoms with E-state index in [1.54, 1.807) is 0 Å². The van der Waals surface area contributed by atoms with Crippen molar-refractivity contribution in [3.8, 4) is 0 Å². The molecule has 2 heterocycles. The van der Waals surface area contributed by atoms with Gasteiger partial charge in [-0.3, -0.25) is 9.69 Å². The summed E-state index contributed by atoms with van der Waals surface area (Å²) in [5.41, 5.74) is 5.64. The third-order valence-corrected chi connectivity index (χ3v) is 5.95. The summed E-state index contributed by atoms with van der Waals surface area (Å²) in [5.74, 6) is 0.284. The van der Waals surface area contributed by atoms with Gasteiger partial charge in [0, 0.05) is 52.0 Å². The number of ether oxygens (including phenoxy) is 1. The van der Waals surface area contributed by atoms with Crippen LogP contribution < -0.4 is 5.73 Å². The van der Waals surface area contributed by atoms with Crippen molar-refractivity contribution in [1.82, 2.24) is 9.80 Å². The second kappa shape index (κ2) is 7.28. The molecule has 5 nitrogen and oxygen atoms in total. The highest BCUT2D eigenvalue weighted by atomic mass is 16.5. The highest BCUT2D eigenvalue weighted by molar-refractivity contribution is 5.83. The van der Waals surface area contributed by atoms with E-state index >= 15 is 0 Å². The molecule has 0 aromatic carbocycles. The van der Waals surface area contributed by atoms with Crippen molar-refractivity contribution in [1.29, 1.82) is 0 Å². The molecule has 0 spiro atoms. The van der Waals surface area contributed by atoms with E-state index in [4.69, 9.17) is 10.5 Å². The fourth-order valence-corrected chi connectivity index (χ4v) is 4.38. The van der Waals surface area contributed by atoms with Gasteiger partial charge in [0.25, 0.3) is 0 Å². The second-order valence-electron chi connectivity index (χ2n) is 7.22. The average Bonchev–Trinajstić information content (AvgIpc) is 2.99. The van der Waals surface area contributed by atoms with E-state index in [1.807, 2.05) is 0 Å². The van der Waals surface area contributed by atoms with Crippen LogP contribution >= 0.6 is 0 Å². The smallest absolute Gasteiger partial charge is 0.230 e. The Morgan fingerprint density at radius 3 is 2.45 bits per heavy atom. The molecule has 1 aliphatic carbocycles. The van der Waals surface area contributed by atoms with Gasteiger partial charge in [0.2, 0.25) is 5.91 Å². The summed E-state index contributed by atoms with van der Waals surface area (Å²) in [6, 6.07) is 0.765. The zero-order chi connectivity index (χ0) is 15.4. The topological polar surface area (TPSA) is 58.8 Å². The first kappa shape index (κ1) is 16.2. The van der Waals surface area contributed by atoms with Crippen molar-refractivity contribution in [2.24, 2.45) is 11.1 Å². The van der Waals surface area contributed by atoms with Gasteiger partial charge in [0.1, 0.15) is 0 Å². The van der Waals surface area contributed by atoms with Gasteiger partial charge in [-0.1, -0.05) is 12.8 Å². The minimum atomic E-state index is -0.360. The summed E-state index contributed by atoms with van der Waals surface area (Å²) >= 11 is 0. The van der Waals surface area contributed by atoms with Crippen molar-refractivity contribution in [2.75, 3.05) is 45.9 Å². The lowest BCUT2D eigenvalue weighted by molar-refractivity contribution is -0.147. The van der Waals surface area contributed by atoms with Crippen LogP contribution in [-0.2, 0) is 9.53 Å². The fraction of sp³-hybridized carbons (Fsp3) is 0.941. The number of nitrogens with two attached hydrogens (primary N) is 1. The zero-order valence-corrected chi connectivity index (χ0v) is 13.8. The Kier molecular flexibility index (Phi) is 5.37. The SMILES string of the molecule is NCC1(C(=O)N2CCCN(C3CCCC3)CC2)CCOCC1. The molecule has 0 radical (unpaired) electrons. The van der Waals surface area contributed by atoms with Crippen LogP contribution in [0.1, 0.15) is 44.9 Å². The zero-order valence-electron chi connectivity index (χ0n) is 13.8. The molecule has 22 heavy (non-hydrogen) atoms. The summed E-state index contributed by atoms with van der Waals surface area (Å²) in [6.45, 7) is 5.75. The Labute approximate surface area is 134 Å². The van der Waals surface area contributed by atoms with Gasteiger partial charge in [-0.05, 0) is 32.1 Å². The third kappa shape index (κ3) is 3.31. The molecule has 126 valence electrons. The number of hydrogen-bond acceptors (Lipinski definition) is 4. The molecule has 0 aromatic rings. The van der Waals surface area contributed by atoms with Crippen LogP contribution in [0, 0.1) is 5.41 Å². The highest BCUT2D eigenvalue weighted by Crippen LogP contribution is 2.32. The Balaban J connectivity index is 1.60. The minimum absolute atomic E-state index is 0.284. The number of carbonyl (C=O) groups excluding carboxylic acids is 1. The van der Waals surface area contributed by atoms with Gasteiger partial charge in [0.05, 0.1) is 5.41 Å². The molecule has 0 unspecified atom stereocenters. The van der Waals surface area contributed by atoms with Crippen LogP contribution in [0.25, 0.3) is 0 Å². The van der Waals surface area contributed by atoms with Crippen LogP contribution in [0.5, 0.6) is 0 Å². The number of rotatable bonds is 3. The number of carbonyl (C=O) groups is 1. The molecule has 3 aliphatic rings. The van der Waals surface area contributed by atoms with Crippen molar-refractivity contribution >= 4 is 5.91 Å². The van der Waals surface area contributed by atoms with Crippen LogP contribution in [0.4, 0.5) is 0 Å². The van der Waals surface area contributed by atoms with E-state index < -0.39 is 0 Å². The summed E-state index contributed by atoms with van der Waals surface area (Å²) in [6.07, 6.45) is 8.10. The molecular weight excluding hydrogens is 278 g/mol. The molecule has 1 saturated carbocycles. The van der Waals surface area contributed by atoms with Gasteiger partial charge in [-0.25, -0.2) is 0 Å². The number of nitrogens with zero attached hydrogens (tertiary/aromatic N) is 2. The summed E-state index contributed by atoms with van der Waals surface area (Å²) in [5, 5.41) is 0. The van der Waals surface area contributed by atoms with Gasteiger partial charge < -0.3 is 15.4 Å². The Bertz CT molecular complexity index is 376. The molecule has 3 fully saturated rings. The van der Waals surface area contributed by atoms with Crippen LogP contribution in [0.15, 0.2) is 0 Å². The molecule has 2 saturated heterocycles. The monoisotopic (exact) mass is 309 g/mol. The number of amides is 1. The maximum atomic E-state index is 13.1. The second-order valence-corrected chi connectivity index (χ2v) is 7.22. The van der Waals surface area contributed by atoms with Crippen molar-refractivity contribution < 1.29 is 9.53 Å². The summed E-state index contributed by atoms with van der Waals surface area (Å²) in [4.78, 5) is 17.8. The first-order valence-electron chi connectivity index (χ1n) is 9.06. The summed E-state index contributed by atoms with van der Waals surface area (Å²) < 4.78 is 5.44. The van der Waals surface area contributed by atoms with Crippen molar-refractivity contribution in [3.63, 3.8) is 0 Å². The molecule has 2 aliphatic heterocycles. The standard InChI is InChI=1S/C17H31N3O2/c18-14-17(6-12-22-13-7-17)16(21)20-9-3-8-19(10-11-20)15-4-1-2-5-15/h15H,1-14,18H2. The highest BCUT2D eigenvalue weighted by Gasteiger charge is 2.41. The Morgan fingerprint density at radius 2 is 1.77 bits per heavy atom. The Morgan fingerprint density at radius 1 is 1.05 bits per heavy atom. The van der Waals surface area contributed by atoms with E-state index in [1.165, 1.54) is 25.7 Å². The molecule has 1 amide bonds. The molecule has 2 N–H and O–H groups in total. The van der Waals surface area contributed by atoms with Crippen LogP contribution in [0.3, 0.4) is 0 Å². The van der Waals surface area contributed by atoms with E-state index in [9.17, 15) is 4.79 Å². The molecule has 0 aromatic heterocycles. The van der Waals surface area contributed by atoms with E-state index in [-0.39, 0.29) is 11.3 Å². The third-order valence-electron chi connectivity index (χ3n) is 5.95. The van der Waals surface area contributed by atoms with Gasteiger partial charge >= 0.3 is 0 Å². The number of hydrogen-bond donors (Lipinski definition) is 1. The first-order chi connectivity index (χ1) is 10.7. The molecule has 0 bridgehead atoms. The lowest BCUT2D eigenvalue weighted by atomic mass is 9.79. The molecule has 5 heteroatoms. The lowest BCUT2D eigenvalue weighted by Gasteiger charge is -2.38. The average molecular weight is 309 g/mol. The van der Waals surface area contributed by atoms with Crippen molar-refractivity contribution in [3.05, 3.63) is 0 Å². The van der Waals surface area contributed by atoms with E-state index in [0.29, 0.717) is 19.8 Å². The van der Waals surface area contributed by atoms with E-state index in [2.05, 4.69) is 9.80 Å². The quantitative estimate of drug-likeness (QED) is 0.851. The molecule has 0 atom stereocenters. The largest absolute Gasteiger partial charge is 0.381 e. The van der Waals surface area contributed by atoms with Gasteiger partial charge in [0.15, 0.2) is 0 Å². The van der Waals surface area contributed by atoms with Gasteiger partial charge in [-0.2, -0.15) is 0 Å². The van der Waals surface area contributed by atoms with Crippen LogP contribution in [-0.4, -0.2) is 67.7 Å². The van der Waals surface area contributed by atoms with Crippen LogP contribution in [0.2, 0.25) is 0 Å². The van der Waals surface area contributed by atoms with Gasteiger partial charge in [-0.15, -0.1) is 0 Å². The van der Waals surface area contributed by atoms with E-state index in [0.717, 1.165) is 51.5 Å². The maximum absolute atomic E-state index is 13.1. The maximum Gasteiger partial charge on any atom is 0.230 e. The minimum Gasteiger partial charge on any atom is -0.381 e. The summed E-state index contributed by atoms with van der Waals surface area (Å²) in [7, 11) is 0. The van der Waals surface area contributed by atoms with Crippen molar-refractivity contribution in [2.45, 2.75) is 51.0 Å². The fourth-order valence-electron chi connectivity index (χ4n) is 4.38. The normalized spacial score (nSPS) is 27.8. The predicted molar refractivity (Wildman–Crippen MR) is 86.6 cm³/mol. The lowest BCUT2D eigenvalue weighted by Crippen LogP contribution is -2.51. The molecular formula is C17H31N3O2. The molecule has 3 rings (SSSR count). The first-order valence-corrected chi connectivity index (χ1v) is 9.06. The predicted octanol–water partition coefficient (Wildman–Crippen LogP) is 1.22.